The summed E-state index contributed by atoms with van der Waals surface area (Å²) >= 11 is 0. The van der Waals surface area contributed by atoms with E-state index in [1.54, 1.807) is 0 Å². The lowest BCUT2D eigenvalue weighted by Crippen LogP contribution is -2.42. The van der Waals surface area contributed by atoms with Gasteiger partial charge in [0.1, 0.15) is 0 Å². The van der Waals surface area contributed by atoms with Crippen LogP contribution < -0.4 is 0 Å². The van der Waals surface area contributed by atoms with Gasteiger partial charge >= 0.3 is 0 Å². The molecule has 10 aromatic rings. The van der Waals surface area contributed by atoms with Gasteiger partial charge in [0, 0.05) is 43.6 Å². The molecule has 1 atom stereocenters. The summed E-state index contributed by atoms with van der Waals surface area (Å²) in [7, 11) is 0. The van der Waals surface area contributed by atoms with Gasteiger partial charge in [-0.3, -0.25) is 0 Å². The molecule has 0 bridgehead atoms. The summed E-state index contributed by atoms with van der Waals surface area (Å²) in [6, 6.07) is 57.0. The minimum Gasteiger partial charge on any atom is -0.354 e. The van der Waals surface area contributed by atoms with Crippen molar-refractivity contribution >= 4 is 65.2 Å². The summed E-state index contributed by atoms with van der Waals surface area (Å²) < 4.78 is 0. The molecule has 2 N–H and O–H groups in total. The fraction of sp³-hybridized carbons (Fsp3) is 0.241. The molecule has 1 unspecified atom stereocenters. The molecule has 10 rings (SSSR count). The van der Waals surface area contributed by atoms with Crippen LogP contribution in [0, 0.1) is 10.8 Å². The third-order valence-electron chi connectivity index (χ3n) is 15.0. The van der Waals surface area contributed by atoms with Crippen molar-refractivity contribution in [3.63, 3.8) is 0 Å². The molecule has 0 spiro atoms. The highest BCUT2D eigenvalue weighted by Crippen LogP contribution is 2.57. The topological polar surface area (TPSA) is 31.6 Å². The van der Waals surface area contributed by atoms with Gasteiger partial charge in [0.15, 0.2) is 0 Å². The molecule has 0 aliphatic heterocycles. The van der Waals surface area contributed by atoms with Crippen molar-refractivity contribution in [2.24, 2.45) is 10.8 Å². The summed E-state index contributed by atoms with van der Waals surface area (Å²) in [5.41, 5.74) is 13.6. The molecule has 0 amide bonds. The summed E-state index contributed by atoms with van der Waals surface area (Å²) in [6.07, 6.45) is 4.23. The molecular weight excluding hydrogens is 725 g/mol. The zero-order chi connectivity index (χ0) is 41.4. The number of aromatic nitrogens is 2. The number of aromatic amines is 2. The zero-order valence-electron chi connectivity index (χ0n) is 36.3. The van der Waals surface area contributed by atoms with Gasteiger partial charge in [-0.25, -0.2) is 0 Å². The average molecular weight is 781 g/mol. The van der Waals surface area contributed by atoms with Crippen LogP contribution in [0.5, 0.6) is 0 Å². The van der Waals surface area contributed by atoms with Crippen LogP contribution in [-0.4, -0.2) is 9.97 Å². The average Bonchev–Trinajstić information content (AvgIpc) is 3.86. The highest BCUT2D eigenvalue weighted by Gasteiger charge is 2.47. The van der Waals surface area contributed by atoms with Gasteiger partial charge in [0.25, 0.3) is 0 Å². The molecule has 0 fully saturated rings. The van der Waals surface area contributed by atoms with Crippen molar-refractivity contribution in [3.8, 4) is 22.3 Å². The number of nitrogens with one attached hydrogen (secondary N) is 2. The monoisotopic (exact) mass is 780 g/mol. The number of fused-ring (bicyclic) bond motifs is 9. The third kappa shape index (κ3) is 5.67. The van der Waals surface area contributed by atoms with Crippen LogP contribution in [-0.2, 0) is 11.8 Å². The van der Waals surface area contributed by atoms with Crippen LogP contribution in [0.1, 0.15) is 84.4 Å². The molecule has 8 aromatic carbocycles. The largest absolute Gasteiger partial charge is 0.354 e. The van der Waals surface area contributed by atoms with Gasteiger partial charge in [0.05, 0.1) is 16.6 Å². The summed E-state index contributed by atoms with van der Waals surface area (Å²) in [4.78, 5) is 8.35. The predicted molar refractivity (Wildman–Crippen MR) is 260 cm³/mol. The van der Waals surface area contributed by atoms with Gasteiger partial charge in [-0.2, -0.15) is 0 Å². The summed E-state index contributed by atoms with van der Waals surface area (Å²) in [5, 5.41) is 10.3. The third-order valence-corrected chi connectivity index (χ3v) is 15.0. The Labute approximate surface area is 354 Å². The second-order valence-corrected chi connectivity index (χ2v) is 18.6. The van der Waals surface area contributed by atoms with Crippen molar-refractivity contribution in [1.82, 2.24) is 9.97 Å². The summed E-state index contributed by atoms with van der Waals surface area (Å²) in [6.45, 7) is 17.0. The number of hydrogen-bond acceptors (Lipinski definition) is 0. The van der Waals surface area contributed by atoms with E-state index in [0.717, 1.165) is 25.7 Å². The second kappa shape index (κ2) is 14.3. The molecule has 60 heavy (non-hydrogen) atoms. The molecule has 2 heteroatoms. The van der Waals surface area contributed by atoms with Gasteiger partial charge in [-0.15, -0.1) is 0 Å². The quantitative estimate of drug-likeness (QED) is 0.130. The lowest BCUT2D eigenvalue weighted by Gasteiger charge is -2.48. The normalized spacial score (nSPS) is 13.7. The number of rotatable bonds is 10. The van der Waals surface area contributed by atoms with Crippen molar-refractivity contribution in [3.05, 3.63) is 168 Å². The molecule has 0 aliphatic carbocycles. The first-order valence-corrected chi connectivity index (χ1v) is 22.2. The molecule has 0 saturated carbocycles. The lowest BCUT2D eigenvalue weighted by molar-refractivity contribution is 0.177. The number of H-pyrrole nitrogens is 2. The number of benzene rings is 8. The second-order valence-electron chi connectivity index (χ2n) is 18.6. The van der Waals surface area contributed by atoms with Crippen LogP contribution in [0.15, 0.2) is 152 Å². The fourth-order valence-electron chi connectivity index (χ4n) is 10.9. The zero-order valence-corrected chi connectivity index (χ0v) is 36.3. The molecule has 0 radical (unpaired) electrons. The maximum atomic E-state index is 4.28. The Morgan fingerprint density at radius 3 is 1.65 bits per heavy atom. The maximum Gasteiger partial charge on any atom is 0.0573 e. The Morgan fingerprint density at radius 2 is 1.03 bits per heavy atom. The Morgan fingerprint density at radius 1 is 0.450 bits per heavy atom. The van der Waals surface area contributed by atoms with Crippen molar-refractivity contribution in [1.29, 1.82) is 0 Å². The maximum absolute atomic E-state index is 4.28. The van der Waals surface area contributed by atoms with Gasteiger partial charge < -0.3 is 9.97 Å². The van der Waals surface area contributed by atoms with Crippen molar-refractivity contribution < 1.29 is 0 Å². The van der Waals surface area contributed by atoms with E-state index in [2.05, 4.69) is 210 Å². The van der Waals surface area contributed by atoms with E-state index >= 15 is 0 Å². The molecule has 298 valence electrons. The number of para-hydroxylation sites is 1. The number of hydrogen-bond donors (Lipinski definition) is 2. The van der Waals surface area contributed by atoms with E-state index in [-0.39, 0.29) is 16.2 Å². The first kappa shape index (κ1) is 38.1. The van der Waals surface area contributed by atoms with Crippen molar-refractivity contribution in [2.45, 2.75) is 79.6 Å². The smallest absolute Gasteiger partial charge is 0.0573 e. The van der Waals surface area contributed by atoms with E-state index in [1.165, 1.54) is 104 Å². The molecule has 2 heterocycles. The van der Waals surface area contributed by atoms with E-state index in [9.17, 15) is 0 Å². The minimum absolute atomic E-state index is 0.0813. The predicted octanol–water partition coefficient (Wildman–Crippen LogP) is 16.7. The Kier molecular flexibility index (Phi) is 9.06. The molecule has 2 aromatic heterocycles. The van der Waals surface area contributed by atoms with E-state index in [1.807, 2.05) is 0 Å². The summed E-state index contributed by atoms with van der Waals surface area (Å²) in [5.74, 6) is 0. The van der Waals surface area contributed by atoms with E-state index in [0.29, 0.717) is 0 Å². The van der Waals surface area contributed by atoms with Gasteiger partial charge in [0.2, 0.25) is 0 Å². The van der Waals surface area contributed by atoms with E-state index in [4.69, 9.17) is 0 Å². The Balaban J connectivity index is 1.41. The lowest BCUT2D eigenvalue weighted by atomic mass is 9.55. The Hall–Kier alpha value is -6.12. The minimum atomic E-state index is -0.382. The highest BCUT2D eigenvalue weighted by atomic mass is 14.8. The fourth-order valence-corrected chi connectivity index (χ4v) is 10.9. The van der Waals surface area contributed by atoms with Gasteiger partial charge in [-0.05, 0) is 97.7 Å². The van der Waals surface area contributed by atoms with Crippen LogP contribution in [0.3, 0.4) is 0 Å². The van der Waals surface area contributed by atoms with Crippen LogP contribution in [0.2, 0.25) is 0 Å². The first-order valence-electron chi connectivity index (χ1n) is 22.2. The molecule has 2 nitrogen and oxygen atoms in total. The first-order chi connectivity index (χ1) is 29.1. The van der Waals surface area contributed by atoms with Crippen LogP contribution >= 0.6 is 0 Å². The molecular formula is C58H56N2. The van der Waals surface area contributed by atoms with Gasteiger partial charge in [-0.1, -0.05) is 188 Å². The van der Waals surface area contributed by atoms with E-state index < -0.39 is 0 Å². The Bertz CT molecular complexity index is 3170. The van der Waals surface area contributed by atoms with Crippen LogP contribution in [0.25, 0.3) is 87.4 Å². The van der Waals surface area contributed by atoms with Crippen molar-refractivity contribution in [2.75, 3.05) is 0 Å². The molecule has 0 aliphatic rings. The van der Waals surface area contributed by atoms with Crippen LogP contribution in [0.4, 0.5) is 0 Å². The highest BCUT2D eigenvalue weighted by molar-refractivity contribution is 6.33. The molecule has 0 saturated heterocycles. The SMILES string of the molecule is CCC(C)(C)Cc1ccc2[nH]c3c(c(-c4ccccc4)c(-c4ccccc4)c4[nH]c5c(C(C)(c6c7ccccc7cc7ccccc67)C(C)(CC)CC)cccc5c43)c2c1. The standard InChI is InChI=1S/C58H56N2/c1-8-56(4,5)36-37-32-33-47-45(34-37)50-48(38-22-13-11-14-23-38)49(39-24-15-12-16-25-39)54-51(55(50)59-47)44-30-21-31-46(53(44)60-54)58(7,57(6,9-2)10-3)52-42-28-19-17-26-40(42)35-41-27-18-20-29-43(41)52/h11-35,59-60H,8-10,36H2,1-7H3.